The monoisotopic (exact) mass is 1090 g/mol. The van der Waals surface area contributed by atoms with Gasteiger partial charge in [-0.25, -0.2) is 24.4 Å². The highest BCUT2D eigenvalue weighted by molar-refractivity contribution is 6.03. The molecule has 7 aromatic rings. The quantitative estimate of drug-likeness (QED) is 0.0962. The van der Waals surface area contributed by atoms with E-state index in [9.17, 15) is 24.0 Å². The molecule has 3 aromatic heterocycles. The van der Waals surface area contributed by atoms with Crippen LogP contribution in [0.25, 0.3) is 21.9 Å². The number of amides is 4. The number of halogens is 1. The molecular formula is C62H75FN12O5. The zero-order valence-corrected chi connectivity index (χ0v) is 46.7. The molecule has 3 N–H and O–H groups in total. The highest BCUT2D eigenvalue weighted by Crippen LogP contribution is 2.28. The highest BCUT2D eigenvalue weighted by Gasteiger charge is 2.31. The number of nitrogens with zero attached hydrogens (tertiary/aromatic N) is 9. The van der Waals surface area contributed by atoms with Crippen molar-refractivity contribution in [3.8, 4) is 11.1 Å². The molecule has 18 heteroatoms. The van der Waals surface area contributed by atoms with Crippen LogP contribution in [0, 0.1) is 18.7 Å². The minimum absolute atomic E-state index is 0.0172. The van der Waals surface area contributed by atoms with Crippen molar-refractivity contribution in [3.05, 3.63) is 184 Å². The number of aromatic amines is 1. The van der Waals surface area contributed by atoms with Crippen LogP contribution in [-0.4, -0.2) is 158 Å². The molecule has 80 heavy (non-hydrogen) atoms. The second-order valence-electron chi connectivity index (χ2n) is 19.5. The summed E-state index contributed by atoms with van der Waals surface area (Å²) in [6, 6.07) is 35.2. The van der Waals surface area contributed by atoms with E-state index < -0.39 is 11.7 Å². The summed E-state index contributed by atoms with van der Waals surface area (Å²) in [6.07, 6.45) is 6.78. The van der Waals surface area contributed by atoms with Crippen molar-refractivity contribution in [1.29, 1.82) is 0 Å². The number of piperidine rings is 1. The van der Waals surface area contributed by atoms with E-state index in [0.29, 0.717) is 92.4 Å². The number of carbonyl (C=O) groups excluding carboxylic acids is 4. The molecule has 0 unspecified atom stereocenters. The van der Waals surface area contributed by atoms with Crippen LogP contribution in [0.3, 0.4) is 0 Å². The second kappa shape index (κ2) is 30.3. The largest absolute Gasteiger partial charge is 0.338 e. The lowest BCUT2D eigenvalue weighted by molar-refractivity contribution is -0.134. The fourth-order valence-electron chi connectivity index (χ4n) is 9.90. The molecule has 3 aliphatic heterocycles. The minimum Gasteiger partial charge on any atom is -0.338 e. The van der Waals surface area contributed by atoms with Gasteiger partial charge in [0.05, 0.1) is 41.1 Å². The van der Waals surface area contributed by atoms with Gasteiger partial charge in [0.25, 0.3) is 17.4 Å². The van der Waals surface area contributed by atoms with Crippen LogP contribution < -0.4 is 16.2 Å². The first kappa shape index (κ1) is 59.6. The van der Waals surface area contributed by atoms with Crippen molar-refractivity contribution in [2.24, 2.45) is 5.92 Å². The maximum absolute atomic E-state index is 15.1. The number of hydrogen-bond acceptors (Lipinski definition) is 12. The number of rotatable bonds is 14. The molecule has 17 nitrogen and oxygen atoms in total. The molecule has 4 amide bonds. The molecule has 0 saturated carbocycles. The zero-order chi connectivity index (χ0) is 56.8. The number of fused-ring (bicyclic) bond motifs is 1. The number of carbonyl (C=O) groups is 4. The Labute approximate surface area is 468 Å². The van der Waals surface area contributed by atoms with Crippen molar-refractivity contribution in [3.63, 3.8) is 0 Å². The lowest BCUT2D eigenvalue weighted by atomic mass is 9.95. The average molecular weight is 1090 g/mol. The maximum Gasteiger partial charge on any atom is 0.274 e. The highest BCUT2D eigenvalue weighted by atomic mass is 19.1. The lowest BCUT2D eigenvalue weighted by Crippen LogP contribution is -2.55. The van der Waals surface area contributed by atoms with Crippen molar-refractivity contribution >= 4 is 40.1 Å². The van der Waals surface area contributed by atoms with Gasteiger partial charge in [-0.2, -0.15) is 5.10 Å². The number of benzene rings is 4. The summed E-state index contributed by atoms with van der Waals surface area (Å²) < 4.78 is 15.1. The third kappa shape index (κ3) is 16.5. The van der Waals surface area contributed by atoms with Crippen molar-refractivity contribution in [2.45, 2.75) is 60.4 Å². The number of anilines is 1. The number of pyridine rings is 1. The summed E-state index contributed by atoms with van der Waals surface area (Å²) in [5.41, 5.74) is 5.37. The van der Waals surface area contributed by atoms with E-state index >= 15 is 4.39 Å². The van der Waals surface area contributed by atoms with Crippen LogP contribution in [0.1, 0.15) is 83.9 Å². The molecule has 420 valence electrons. The molecule has 10 rings (SSSR count). The molecule has 3 saturated heterocycles. The van der Waals surface area contributed by atoms with E-state index in [-0.39, 0.29) is 41.1 Å². The topological polar surface area (TPSA) is 193 Å². The van der Waals surface area contributed by atoms with Crippen LogP contribution in [0.4, 0.5) is 10.1 Å². The molecule has 3 fully saturated rings. The van der Waals surface area contributed by atoms with Gasteiger partial charge in [-0.05, 0) is 67.1 Å². The average Bonchev–Trinajstić information content (AvgIpc) is 3.51. The molecule has 0 bridgehead atoms. The molecule has 0 atom stereocenters. The summed E-state index contributed by atoms with van der Waals surface area (Å²) in [7, 11) is 0. The number of aryl methyl sites for hydroxylation is 1. The number of piperazine rings is 2. The molecule has 0 radical (unpaired) electrons. The summed E-state index contributed by atoms with van der Waals surface area (Å²) in [6.45, 7) is 17.4. The Kier molecular flexibility index (Phi) is 22.6. The molecule has 6 heterocycles. The van der Waals surface area contributed by atoms with Gasteiger partial charge in [-0.1, -0.05) is 118 Å². The van der Waals surface area contributed by atoms with Crippen LogP contribution in [-0.2, 0) is 22.6 Å². The Bertz CT molecular complexity index is 3160. The Morgan fingerprint density at radius 2 is 1.31 bits per heavy atom. The first-order chi connectivity index (χ1) is 39.0. The fraction of sp³-hybridized carbons (Fsp3) is 0.371. The Balaban J connectivity index is 0.000000766. The van der Waals surface area contributed by atoms with E-state index in [1.807, 2.05) is 99.3 Å². The van der Waals surface area contributed by atoms with Crippen LogP contribution >= 0.6 is 0 Å². The van der Waals surface area contributed by atoms with Gasteiger partial charge in [0.15, 0.2) is 5.69 Å². The van der Waals surface area contributed by atoms with E-state index in [2.05, 4.69) is 64.6 Å². The van der Waals surface area contributed by atoms with E-state index in [1.54, 1.807) is 52.5 Å². The SMILES string of the molecule is CC.CC.Cc1ccccc1.O=C(CNCc1ccncn1)Nc1cc(-c2ccccc2)cnc1C(=O)N1CCC(CN2CCN(CC(=O)N3CCN(C(=O)c4cc(Cc5n[nH]c(=O)c6ccccc56)ccc4F)CC3)CC2)CC1. The predicted octanol–water partition coefficient (Wildman–Crippen LogP) is 7.74. The van der Waals surface area contributed by atoms with Crippen molar-refractivity contribution in [1.82, 2.24) is 55.0 Å². The van der Waals surface area contributed by atoms with E-state index in [4.69, 9.17) is 0 Å². The van der Waals surface area contributed by atoms with Crippen LogP contribution in [0.15, 0.2) is 139 Å². The Hall–Kier alpha value is -8.06. The number of hydrogen-bond donors (Lipinski definition) is 3. The first-order valence-corrected chi connectivity index (χ1v) is 27.9. The maximum atomic E-state index is 15.1. The summed E-state index contributed by atoms with van der Waals surface area (Å²) in [4.78, 5) is 89.0. The fourth-order valence-corrected chi connectivity index (χ4v) is 9.90. The van der Waals surface area contributed by atoms with Gasteiger partial charge < -0.3 is 30.2 Å². The van der Waals surface area contributed by atoms with Crippen LogP contribution in [0.2, 0.25) is 0 Å². The third-order valence-electron chi connectivity index (χ3n) is 14.2. The third-order valence-corrected chi connectivity index (χ3v) is 14.2. The summed E-state index contributed by atoms with van der Waals surface area (Å²) >= 11 is 0. The first-order valence-electron chi connectivity index (χ1n) is 27.9. The molecule has 4 aromatic carbocycles. The van der Waals surface area contributed by atoms with Gasteiger partial charge >= 0.3 is 0 Å². The summed E-state index contributed by atoms with van der Waals surface area (Å²) in [5, 5.41) is 14.0. The number of likely N-dealkylation sites (tertiary alicyclic amines) is 1. The smallest absolute Gasteiger partial charge is 0.274 e. The van der Waals surface area contributed by atoms with E-state index in [0.717, 1.165) is 62.4 Å². The van der Waals surface area contributed by atoms with Gasteiger partial charge in [0.2, 0.25) is 11.8 Å². The Morgan fingerprint density at radius 1 is 0.675 bits per heavy atom. The molecule has 0 spiro atoms. The zero-order valence-electron chi connectivity index (χ0n) is 46.7. The molecular weight excluding hydrogens is 1010 g/mol. The van der Waals surface area contributed by atoms with Gasteiger partial charge in [-0.15, -0.1) is 0 Å². The normalized spacial score (nSPS) is 14.8. The van der Waals surface area contributed by atoms with Crippen molar-refractivity contribution in [2.75, 3.05) is 90.4 Å². The number of aromatic nitrogens is 5. The Morgan fingerprint density at radius 3 is 1.98 bits per heavy atom. The standard InChI is InChI=1S/C51H55FN12O5.C7H8.2C2H6/c52-43-11-10-36(27-44-40-8-4-5-9-41(40)49(67)59-58-44)26-42(43)50(68)64-24-22-62(23-25-64)47(66)33-61-20-18-60(19-21-61)32-35-13-16-63(17-14-35)51(69)48-45(28-38(29-55-48)37-6-2-1-3-7-37)57-46(65)31-54-30-39-12-15-53-34-56-39;1-7-5-3-2-4-6-7;2*1-2/h1-12,15,26,28-29,34-35,54H,13-14,16-25,27,30-33H2,(H,57,65)(H,59,67);2-6H,1H3;2*1-2H3. The minimum atomic E-state index is -0.613. The summed E-state index contributed by atoms with van der Waals surface area (Å²) in [5.74, 6) is -1.11. The second-order valence-corrected chi connectivity index (χ2v) is 19.5. The van der Waals surface area contributed by atoms with Gasteiger partial charge in [0, 0.05) is 108 Å². The number of H-pyrrole nitrogens is 1. The number of nitrogens with one attached hydrogen (secondary N) is 3. The van der Waals surface area contributed by atoms with Crippen molar-refractivity contribution < 1.29 is 23.6 Å². The predicted molar refractivity (Wildman–Crippen MR) is 311 cm³/mol. The van der Waals surface area contributed by atoms with Gasteiger partial charge in [0.1, 0.15) is 12.1 Å². The molecule has 0 aliphatic carbocycles. The van der Waals surface area contributed by atoms with Gasteiger partial charge in [-0.3, -0.25) is 28.9 Å². The van der Waals surface area contributed by atoms with Crippen LogP contribution in [0.5, 0.6) is 0 Å². The lowest BCUT2D eigenvalue weighted by Gasteiger charge is -2.40. The molecule has 3 aliphatic rings. The van der Waals surface area contributed by atoms with E-state index in [1.165, 1.54) is 18.0 Å².